The molecule has 0 atom stereocenters. The summed E-state index contributed by atoms with van der Waals surface area (Å²) in [5.74, 6) is -0.578. The maximum atomic E-state index is 12.5. The molecule has 0 aliphatic carbocycles. The minimum Gasteiger partial charge on any atom is -0.451 e. The first-order valence-corrected chi connectivity index (χ1v) is 8.86. The molecule has 0 aromatic heterocycles. The lowest BCUT2D eigenvalue weighted by Crippen LogP contribution is -2.26. The number of benzene rings is 3. The third kappa shape index (κ3) is 4.20. The summed E-state index contributed by atoms with van der Waals surface area (Å²) in [7, 11) is 0. The molecule has 3 aromatic rings. The Morgan fingerprint density at radius 2 is 1.29 bits per heavy atom. The highest BCUT2D eigenvalue weighted by atomic mass is 16.6. The predicted octanol–water partition coefficient (Wildman–Crippen LogP) is 4.17. The maximum Gasteiger partial charge on any atom is 0.339 e. The van der Waals surface area contributed by atoms with Crippen molar-refractivity contribution in [2.75, 3.05) is 11.5 Å². The standard InChI is InChI=1S/C23H22N2O3/c1-23(2,28-22(27)17-12-19(24)14-20(25)13-17)18-10-8-16(9-11-18)21(26)15-6-4-3-5-7-15/h3-14H,24-25H2,1-2H3. The molecular weight excluding hydrogens is 352 g/mol. The molecule has 0 saturated carbocycles. The van der Waals surface area contributed by atoms with Crippen LogP contribution >= 0.6 is 0 Å². The van der Waals surface area contributed by atoms with Gasteiger partial charge in [0.15, 0.2) is 5.78 Å². The zero-order valence-corrected chi connectivity index (χ0v) is 15.8. The maximum absolute atomic E-state index is 12.5. The van der Waals surface area contributed by atoms with Crippen LogP contribution in [0.3, 0.4) is 0 Å². The van der Waals surface area contributed by atoms with Gasteiger partial charge in [0.2, 0.25) is 0 Å². The summed E-state index contributed by atoms with van der Waals surface area (Å²) in [6.45, 7) is 3.57. The Kier molecular flexibility index (Phi) is 5.18. The van der Waals surface area contributed by atoms with Crippen LogP contribution in [0.5, 0.6) is 0 Å². The van der Waals surface area contributed by atoms with Gasteiger partial charge in [-0.1, -0.05) is 54.6 Å². The van der Waals surface area contributed by atoms with E-state index in [2.05, 4.69) is 0 Å². The Bertz CT molecular complexity index is 990. The molecule has 5 nitrogen and oxygen atoms in total. The first-order valence-electron chi connectivity index (χ1n) is 8.86. The van der Waals surface area contributed by atoms with Crippen LogP contribution in [0.1, 0.15) is 45.7 Å². The van der Waals surface area contributed by atoms with E-state index < -0.39 is 11.6 Å². The lowest BCUT2D eigenvalue weighted by molar-refractivity contribution is -0.00313. The van der Waals surface area contributed by atoms with Crippen LogP contribution in [0, 0.1) is 0 Å². The highest BCUT2D eigenvalue weighted by molar-refractivity contribution is 6.08. The number of carbonyl (C=O) groups is 2. The van der Waals surface area contributed by atoms with Gasteiger partial charge in [0.25, 0.3) is 0 Å². The van der Waals surface area contributed by atoms with Crippen LogP contribution in [0.4, 0.5) is 11.4 Å². The van der Waals surface area contributed by atoms with Gasteiger partial charge in [0.1, 0.15) is 5.60 Å². The third-order valence-electron chi connectivity index (χ3n) is 4.44. The number of esters is 1. The van der Waals surface area contributed by atoms with E-state index in [9.17, 15) is 9.59 Å². The number of hydrogen-bond donors (Lipinski definition) is 2. The van der Waals surface area contributed by atoms with Gasteiger partial charge >= 0.3 is 5.97 Å². The smallest absolute Gasteiger partial charge is 0.339 e. The van der Waals surface area contributed by atoms with Crippen LogP contribution in [-0.4, -0.2) is 11.8 Å². The second-order valence-electron chi connectivity index (χ2n) is 7.06. The molecule has 0 fully saturated rings. The van der Waals surface area contributed by atoms with Gasteiger partial charge in [0.05, 0.1) is 5.56 Å². The fourth-order valence-electron chi connectivity index (χ4n) is 2.92. The van der Waals surface area contributed by atoms with Crippen molar-refractivity contribution < 1.29 is 14.3 Å². The SMILES string of the molecule is CC(C)(OC(=O)c1cc(N)cc(N)c1)c1ccc(C(=O)c2ccccc2)cc1. The zero-order valence-electron chi connectivity index (χ0n) is 15.8. The highest BCUT2D eigenvalue weighted by Crippen LogP contribution is 2.27. The van der Waals surface area contributed by atoms with Crippen molar-refractivity contribution in [3.8, 4) is 0 Å². The molecule has 0 aliphatic rings. The Balaban J connectivity index is 1.78. The van der Waals surface area contributed by atoms with Crippen molar-refractivity contribution in [1.82, 2.24) is 0 Å². The Hall–Kier alpha value is -3.60. The molecule has 0 amide bonds. The van der Waals surface area contributed by atoms with Crippen LogP contribution in [0.15, 0.2) is 72.8 Å². The van der Waals surface area contributed by atoms with Crippen molar-refractivity contribution in [2.45, 2.75) is 19.4 Å². The molecule has 0 spiro atoms. The molecule has 28 heavy (non-hydrogen) atoms. The predicted molar refractivity (Wildman–Crippen MR) is 110 cm³/mol. The lowest BCUT2D eigenvalue weighted by Gasteiger charge is -2.26. The molecule has 0 radical (unpaired) electrons. The molecule has 0 heterocycles. The van der Waals surface area contributed by atoms with Gasteiger partial charge in [-0.25, -0.2) is 4.79 Å². The molecule has 0 unspecified atom stereocenters. The van der Waals surface area contributed by atoms with E-state index >= 15 is 0 Å². The molecule has 0 aliphatic heterocycles. The van der Waals surface area contributed by atoms with E-state index in [1.807, 2.05) is 18.2 Å². The molecule has 142 valence electrons. The number of nitrogen functional groups attached to an aromatic ring is 2. The lowest BCUT2D eigenvalue weighted by atomic mass is 9.94. The van der Waals surface area contributed by atoms with E-state index in [4.69, 9.17) is 16.2 Å². The van der Waals surface area contributed by atoms with E-state index in [1.54, 1.807) is 56.3 Å². The van der Waals surface area contributed by atoms with Crippen LogP contribution in [0.25, 0.3) is 0 Å². The number of anilines is 2. The average molecular weight is 374 g/mol. The molecule has 0 saturated heterocycles. The van der Waals surface area contributed by atoms with Crippen LogP contribution in [0.2, 0.25) is 0 Å². The second-order valence-corrected chi connectivity index (χ2v) is 7.06. The summed E-state index contributed by atoms with van der Waals surface area (Å²) in [5.41, 5.74) is 13.6. The molecule has 4 N–H and O–H groups in total. The fraction of sp³-hybridized carbons (Fsp3) is 0.130. The Morgan fingerprint density at radius 1 is 0.750 bits per heavy atom. The van der Waals surface area contributed by atoms with Crippen molar-refractivity contribution in [1.29, 1.82) is 0 Å². The van der Waals surface area contributed by atoms with Crippen LogP contribution in [-0.2, 0) is 10.3 Å². The summed E-state index contributed by atoms with van der Waals surface area (Å²) in [4.78, 5) is 25.0. The van der Waals surface area contributed by atoms with Gasteiger partial charge in [-0.2, -0.15) is 0 Å². The van der Waals surface area contributed by atoms with Crippen molar-refractivity contribution in [3.05, 3.63) is 95.1 Å². The summed E-state index contributed by atoms with van der Waals surface area (Å²) in [6, 6.07) is 20.7. The monoisotopic (exact) mass is 374 g/mol. The molecular formula is C23H22N2O3. The van der Waals surface area contributed by atoms with E-state index in [-0.39, 0.29) is 5.78 Å². The van der Waals surface area contributed by atoms with Gasteiger partial charge in [0, 0.05) is 22.5 Å². The van der Waals surface area contributed by atoms with Gasteiger partial charge in [-0.15, -0.1) is 0 Å². The Morgan fingerprint density at radius 3 is 1.86 bits per heavy atom. The highest BCUT2D eigenvalue weighted by Gasteiger charge is 2.26. The number of hydrogen-bond acceptors (Lipinski definition) is 5. The summed E-state index contributed by atoms with van der Waals surface area (Å²) in [5, 5.41) is 0. The third-order valence-corrected chi connectivity index (χ3v) is 4.44. The summed E-state index contributed by atoms with van der Waals surface area (Å²) < 4.78 is 5.67. The molecule has 3 rings (SSSR count). The Labute approximate surface area is 163 Å². The number of carbonyl (C=O) groups excluding carboxylic acids is 2. The molecule has 0 bridgehead atoms. The first-order chi connectivity index (χ1) is 13.3. The fourth-order valence-corrected chi connectivity index (χ4v) is 2.92. The second kappa shape index (κ2) is 7.56. The van der Waals surface area contributed by atoms with Gasteiger partial charge in [-0.05, 0) is 37.6 Å². The first kappa shape index (κ1) is 19.2. The molecule has 5 heteroatoms. The minimum atomic E-state index is -0.898. The number of rotatable bonds is 5. The molecule has 3 aromatic carbocycles. The normalized spacial score (nSPS) is 11.1. The number of ether oxygens (including phenoxy) is 1. The quantitative estimate of drug-likeness (QED) is 0.397. The van der Waals surface area contributed by atoms with E-state index in [0.717, 1.165) is 5.56 Å². The van der Waals surface area contributed by atoms with Crippen molar-refractivity contribution in [2.24, 2.45) is 0 Å². The average Bonchev–Trinajstić information content (AvgIpc) is 2.67. The van der Waals surface area contributed by atoms with Crippen molar-refractivity contribution in [3.63, 3.8) is 0 Å². The van der Waals surface area contributed by atoms with Gasteiger partial charge < -0.3 is 16.2 Å². The topological polar surface area (TPSA) is 95.4 Å². The summed E-state index contributed by atoms with van der Waals surface area (Å²) in [6.07, 6.45) is 0. The number of ketones is 1. The summed E-state index contributed by atoms with van der Waals surface area (Å²) >= 11 is 0. The minimum absolute atomic E-state index is 0.0582. The van der Waals surface area contributed by atoms with E-state index in [1.165, 1.54) is 12.1 Å². The van der Waals surface area contributed by atoms with Crippen molar-refractivity contribution >= 4 is 23.1 Å². The van der Waals surface area contributed by atoms with E-state index in [0.29, 0.717) is 28.1 Å². The number of nitrogens with two attached hydrogens (primary N) is 2. The van der Waals surface area contributed by atoms with Gasteiger partial charge in [-0.3, -0.25) is 4.79 Å². The zero-order chi connectivity index (χ0) is 20.3. The largest absolute Gasteiger partial charge is 0.451 e. The van der Waals surface area contributed by atoms with Crippen LogP contribution < -0.4 is 11.5 Å².